The normalized spacial score (nSPS) is 14.8. The van der Waals surface area contributed by atoms with Crippen molar-refractivity contribution in [2.45, 2.75) is 45.8 Å². The third-order valence-electron chi connectivity index (χ3n) is 3.52. The summed E-state index contributed by atoms with van der Waals surface area (Å²) in [5, 5.41) is 10.0. The Morgan fingerprint density at radius 2 is 2.29 bits per heavy atom. The molecule has 0 atom stereocenters. The van der Waals surface area contributed by atoms with E-state index >= 15 is 0 Å². The summed E-state index contributed by atoms with van der Waals surface area (Å²) in [6.45, 7) is 5.51. The Morgan fingerprint density at radius 1 is 1.48 bits per heavy atom. The molecule has 112 valence electrons. The van der Waals surface area contributed by atoms with Gasteiger partial charge < -0.3 is 5.32 Å². The molecule has 1 N–H and O–H groups in total. The van der Waals surface area contributed by atoms with Crippen LogP contribution in [0.25, 0.3) is 10.6 Å². The minimum absolute atomic E-state index is 0.0390. The summed E-state index contributed by atoms with van der Waals surface area (Å²) in [4.78, 5) is 13.6. The van der Waals surface area contributed by atoms with Crippen LogP contribution in [0.4, 0.5) is 0 Å². The number of thiophene rings is 1. The van der Waals surface area contributed by atoms with Gasteiger partial charge in [0.15, 0.2) is 0 Å². The zero-order valence-corrected chi connectivity index (χ0v) is 13.3. The Labute approximate surface area is 128 Å². The maximum absolute atomic E-state index is 12.5. The first-order chi connectivity index (χ1) is 10.1. The Morgan fingerprint density at radius 3 is 2.90 bits per heavy atom. The van der Waals surface area contributed by atoms with Gasteiger partial charge in [-0.1, -0.05) is 19.9 Å². The molecule has 0 spiro atoms. The van der Waals surface area contributed by atoms with Crippen molar-refractivity contribution < 1.29 is 0 Å². The molecule has 1 aliphatic rings. The lowest BCUT2D eigenvalue weighted by atomic mass is 10.2. The van der Waals surface area contributed by atoms with Crippen LogP contribution in [0.15, 0.2) is 28.4 Å². The number of nitrogens with one attached hydrogen (secondary N) is 1. The van der Waals surface area contributed by atoms with Gasteiger partial charge in [-0.15, -0.1) is 11.3 Å². The first-order valence-electron chi connectivity index (χ1n) is 7.52. The quantitative estimate of drug-likeness (QED) is 0.892. The summed E-state index contributed by atoms with van der Waals surface area (Å²) in [6, 6.07) is 6.61. The van der Waals surface area contributed by atoms with Crippen LogP contribution < -0.4 is 10.9 Å². The molecule has 1 aliphatic carbocycles. The predicted octanol–water partition coefficient (Wildman–Crippen LogP) is 2.88. The molecule has 1 fully saturated rings. The van der Waals surface area contributed by atoms with Crippen molar-refractivity contribution in [3.63, 3.8) is 0 Å². The lowest BCUT2D eigenvalue weighted by Crippen LogP contribution is -2.31. The van der Waals surface area contributed by atoms with Gasteiger partial charge in [0.05, 0.1) is 4.88 Å². The monoisotopic (exact) mass is 303 g/mol. The Kier molecular flexibility index (Phi) is 4.22. The van der Waals surface area contributed by atoms with Gasteiger partial charge in [-0.2, -0.15) is 5.10 Å². The lowest BCUT2D eigenvalue weighted by molar-refractivity contribution is 0.461. The highest BCUT2D eigenvalue weighted by Crippen LogP contribution is 2.23. The molecule has 0 aliphatic heterocycles. The minimum atomic E-state index is 0.0390. The Balaban J connectivity index is 1.95. The van der Waals surface area contributed by atoms with Crippen LogP contribution in [0, 0.1) is 5.92 Å². The fraction of sp³-hybridized carbons (Fsp3) is 0.500. The minimum Gasteiger partial charge on any atom is -0.310 e. The van der Waals surface area contributed by atoms with E-state index in [0.717, 1.165) is 16.1 Å². The van der Waals surface area contributed by atoms with E-state index in [1.165, 1.54) is 12.8 Å². The van der Waals surface area contributed by atoms with Gasteiger partial charge in [0.25, 0.3) is 5.56 Å². The van der Waals surface area contributed by atoms with Crippen LogP contribution in [-0.4, -0.2) is 15.8 Å². The molecule has 2 aromatic heterocycles. The van der Waals surface area contributed by atoms with E-state index in [4.69, 9.17) is 0 Å². The highest BCUT2D eigenvalue weighted by atomic mass is 32.1. The van der Waals surface area contributed by atoms with Crippen LogP contribution in [0.1, 0.15) is 32.3 Å². The highest BCUT2D eigenvalue weighted by molar-refractivity contribution is 7.13. The summed E-state index contributed by atoms with van der Waals surface area (Å²) in [5.74, 6) is 0.401. The smallest absolute Gasteiger partial charge is 0.271 e. The standard InChI is InChI=1S/C16H21N3OS/c1-11(2)10-19-16(20)12(9-17-13-5-6-13)8-14(18-19)15-4-3-7-21-15/h3-4,7-8,11,13,17H,5-6,9-10H2,1-2H3. The number of hydrogen-bond acceptors (Lipinski definition) is 4. The number of rotatable bonds is 6. The molecule has 4 nitrogen and oxygen atoms in total. The SMILES string of the molecule is CC(C)Cn1nc(-c2cccs2)cc(CNC2CC2)c1=O. The number of nitrogens with zero attached hydrogens (tertiary/aromatic N) is 2. The van der Waals surface area contributed by atoms with E-state index in [9.17, 15) is 4.79 Å². The molecule has 2 heterocycles. The van der Waals surface area contributed by atoms with Gasteiger partial charge in [-0.25, -0.2) is 4.68 Å². The third-order valence-corrected chi connectivity index (χ3v) is 4.41. The van der Waals surface area contributed by atoms with Gasteiger partial charge in [-0.3, -0.25) is 4.79 Å². The molecule has 21 heavy (non-hydrogen) atoms. The zero-order chi connectivity index (χ0) is 14.8. The molecule has 5 heteroatoms. The van der Waals surface area contributed by atoms with Crippen molar-refractivity contribution in [1.29, 1.82) is 0 Å². The van der Waals surface area contributed by atoms with E-state index in [-0.39, 0.29) is 5.56 Å². The summed E-state index contributed by atoms with van der Waals surface area (Å²) in [7, 11) is 0. The summed E-state index contributed by atoms with van der Waals surface area (Å²) < 4.78 is 1.63. The highest BCUT2D eigenvalue weighted by Gasteiger charge is 2.21. The van der Waals surface area contributed by atoms with Gasteiger partial charge >= 0.3 is 0 Å². The molecule has 0 unspecified atom stereocenters. The second kappa shape index (κ2) is 6.12. The largest absolute Gasteiger partial charge is 0.310 e. The molecular weight excluding hydrogens is 282 g/mol. The van der Waals surface area contributed by atoms with Crippen LogP contribution in [0.2, 0.25) is 0 Å². The van der Waals surface area contributed by atoms with Gasteiger partial charge in [-0.05, 0) is 36.3 Å². The van der Waals surface area contributed by atoms with Crippen LogP contribution >= 0.6 is 11.3 Å². The van der Waals surface area contributed by atoms with Gasteiger partial charge in [0.2, 0.25) is 0 Å². The maximum atomic E-state index is 12.5. The van der Waals surface area contributed by atoms with E-state index in [0.29, 0.717) is 25.0 Å². The summed E-state index contributed by atoms with van der Waals surface area (Å²) >= 11 is 1.66. The molecule has 0 bridgehead atoms. The van der Waals surface area contributed by atoms with Crippen molar-refractivity contribution in [2.75, 3.05) is 0 Å². The molecule has 3 rings (SSSR count). The van der Waals surface area contributed by atoms with Crippen LogP contribution in [0.5, 0.6) is 0 Å². The van der Waals surface area contributed by atoms with E-state index < -0.39 is 0 Å². The van der Waals surface area contributed by atoms with E-state index in [2.05, 4.69) is 30.3 Å². The Hall–Kier alpha value is -1.46. The topological polar surface area (TPSA) is 46.9 Å². The summed E-state index contributed by atoms with van der Waals surface area (Å²) in [6.07, 6.45) is 2.45. The maximum Gasteiger partial charge on any atom is 0.271 e. The molecule has 2 aromatic rings. The molecule has 0 radical (unpaired) electrons. The van der Waals surface area contributed by atoms with Crippen molar-refractivity contribution in [3.05, 3.63) is 39.5 Å². The molecule has 1 saturated carbocycles. The average Bonchev–Trinajstić information content (AvgIpc) is 3.10. The van der Waals surface area contributed by atoms with Crippen LogP contribution in [0.3, 0.4) is 0 Å². The average molecular weight is 303 g/mol. The third kappa shape index (κ3) is 3.60. The molecule has 0 saturated heterocycles. The van der Waals surface area contributed by atoms with Crippen molar-refractivity contribution >= 4 is 11.3 Å². The van der Waals surface area contributed by atoms with Gasteiger partial charge in [0.1, 0.15) is 5.69 Å². The Bertz CT molecular complexity index is 657. The first kappa shape index (κ1) is 14.5. The molecule has 0 aromatic carbocycles. The van der Waals surface area contributed by atoms with Crippen molar-refractivity contribution in [1.82, 2.24) is 15.1 Å². The molecule has 0 amide bonds. The van der Waals surface area contributed by atoms with E-state index in [1.54, 1.807) is 16.0 Å². The van der Waals surface area contributed by atoms with Crippen molar-refractivity contribution in [2.24, 2.45) is 5.92 Å². The zero-order valence-electron chi connectivity index (χ0n) is 12.5. The number of hydrogen-bond donors (Lipinski definition) is 1. The predicted molar refractivity (Wildman–Crippen MR) is 86.5 cm³/mol. The second-order valence-electron chi connectivity index (χ2n) is 6.07. The van der Waals surface area contributed by atoms with Crippen LogP contribution in [-0.2, 0) is 13.1 Å². The van der Waals surface area contributed by atoms with Crippen molar-refractivity contribution in [3.8, 4) is 10.6 Å². The second-order valence-corrected chi connectivity index (χ2v) is 7.02. The van der Waals surface area contributed by atoms with E-state index in [1.807, 2.05) is 17.5 Å². The number of aromatic nitrogens is 2. The first-order valence-corrected chi connectivity index (χ1v) is 8.39. The molecular formula is C16H21N3OS. The lowest BCUT2D eigenvalue weighted by Gasteiger charge is -2.12. The van der Waals surface area contributed by atoms with Gasteiger partial charge in [0, 0.05) is 24.7 Å². The fourth-order valence-electron chi connectivity index (χ4n) is 2.28. The fourth-order valence-corrected chi connectivity index (χ4v) is 2.96. The summed E-state index contributed by atoms with van der Waals surface area (Å²) in [5.41, 5.74) is 1.76.